The Kier molecular flexibility index (Phi) is 6.58. The summed E-state index contributed by atoms with van der Waals surface area (Å²) in [6.07, 6.45) is 0.684. The maximum atomic E-state index is 12.8. The Labute approximate surface area is 194 Å². The number of carbonyl (C=O) groups excluding carboxylic acids is 4. The molecule has 2 aliphatic heterocycles. The highest BCUT2D eigenvalue weighted by Gasteiger charge is 2.34. The second-order valence-electron chi connectivity index (χ2n) is 8.86. The quantitative estimate of drug-likeness (QED) is 0.638. The molecule has 0 N–H and O–H groups in total. The van der Waals surface area contributed by atoms with Crippen LogP contribution in [0, 0.1) is 0 Å². The van der Waals surface area contributed by atoms with Crippen LogP contribution in [-0.4, -0.2) is 71.1 Å². The molecule has 0 radical (unpaired) electrons. The molecule has 0 atom stereocenters. The number of rotatable bonds is 6. The van der Waals surface area contributed by atoms with Crippen LogP contribution in [0.15, 0.2) is 48.5 Å². The average molecular weight is 448 g/mol. The van der Waals surface area contributed by atoms with Gasteiger partial charge in [0, 0.05) is 44.7 Å². The van der Waals surface area contributed by atoms with Gasteiger partial charge in [0.1, 0.15) is 0 Å². The van der Waals surface area contributed by atoms with Crippen molar-refractivity contribution in [1.29, 1.82) is 0 Å². The van der Waals surface area contributed by atoms with Crippen molar-refractivity contribution in [1.82, 2.24) is 14.7 Å². The van der Waals surface area contributed by atoms with Gasteiger partial charge in [-0.2, -0.15) is 0 Å². The first kappa shape index (κ1) is 22.7. The lowest BCUT2D eigenvalue weighted by atomic mass is 10.0. The van der Waals surface area contributed by atoms with Crippen molar-refractivity contribution in [2.75, 3.05) is 32.7 Å². The molecule has 2 aromatic carbocycles. The van der Waals surface area contributed by atoms with Gasteiger partial charge in [0.2, 0.25) is 5.91 Å². The summed E-state index contributed by atoms with van der Waals surface area (Å²) >= 11 is 0. The van der Waals surface area contributed by atoms with Gasteiger partial charge in [-0.3, -0.25) is 24.1 Å². The van der Waals surface area contributed by atoms with Crippen molar-refractivity contribution in [3.8, 4) is 0 Å². The third-order valence-corrected chi connectivity index (χ3v) is 6.39. The third kappa shape index (κ3) is 4.67. The Bertz CT molecular complexity index is 1030. The maximum absolute atomic E-state index is 12.8. The summed E-state index contributed by atoms with van der Waals surface area (Å²) in [6.45, 7) is 6.43. The molecule has 2 aliphatic rings. The fourth-order valence-electron chi connectivity index (χ4n) is 4.34. The van der Waals surface area contributed by atoms with Gasteiger partial charge >= 0.3 is 0 Å². The minimum Gasteiger partial charge on any atom is -0.339 e. The molecule has 1 fully saturated rings. The Morgan fingerprint density at radius 2 is 1.36 bits per heavy atom. The van der Waals surface area contributed by atoms with Gasteiger partial charge in [-0.1, -0.05) is 38.1 Å². The number of piperazine rings is 1. The predicted octanol–water partition coefficient (Wildman–Crippen LogP) is 3.17. The van der Waals surface area contributed by atoms with Crippen LogP contribution >= 0.6 is 0 Å². The Morgan fingerprint density at radius 1 is 0.818 bits per heavy atom. The Morgan fingerprint density at radius 3 is 1.91 bits per heavy atom. The maximum Gasteiger partial charge on any atom is 0.261 e. The summed E-state index contributed by atoms with van der Waals surface area (Å²) in [5, 5.41) is 0. The largest absolute Gasteiger partial charge is 0.339 e. The van der Waals surface area contributed by atoms with Crippen LogP contribution in [0.2, 0.25) is 0 Å². The van der Waals surface area contributed by atoms with Crippen LogP contribution in [0.25, 0.3) is 0 Å². The molecule has 0 aliphatic carbocycles. The molecule has 0 saturated carbocycles. The highest BCUT2D eigenvalue weighted by atomic mass is 16.2. The van der Waals surface area contributed by atoms with E-state index in [9.17, 15) is 19.2 Å². The molecular formula is C26H29N3O4. The summed E-state index contributed by atoms with van der Waals surface area (Å²) in [4.78, 5) is 55.0. The van der Waals surface area contributed by atoms with Gasteiger partial charge < -0.3 is 9.80 Å². The number of hydrogen-bond acceptors (Lipinski definition) is 4. The molecule has 4 amide bonds. The van der Waals surface area contributed by atoms with Crippen LogP contribution in [0.5, 0.6) is 0 Å². The first-order valence-electron chi connectivity index (χ1n) is 11.5. The normalized spacial score (nSPS) is 15.9. The average Bonchev–Trinajstić information content (AvgIpc) is 3.08. The van der Waals surface area contributed by atoms with Crippen LogP contribution < -0.4 is 0 Å². The van der Waals surface area contributed by atoms with E-state index in [1.807, 2.05) is 24.3 Å². The van der Waals surface area contributed by atoms with Crippen LogP contribution in [0.4, 0.5) is 0 Å². The lowest BCUT2D eigenvalue weighted by Gasteiger charge is -2.35. The third-order valence-electron chi connectivity index (χ3n) is 6.39. The van der Waals surface area contributed by atoms with E-state index >= 15 is 0 Å². The highest BCUT2D eigenvalue weighted by molar-refractivity contribution is 6.21. The van der Waals surface area contributed by atoms with Gasteiger partial charge in [-0.05, 0) is 42.2 Å². The highest BCUT2D eigenvalue weighted by Crippen LogP contribution is 2.23. The lowest BCUT2D eigenvalue weighted by Crippen LogP contribution is -2.50. The van der Waals surface area contributed by atoms with Crippen molar-refractivity contribution in [3.05, 3.63) is 70.8 Å². The van der Waals surface area contributed by atoms with E-state index in [1.165, 1.54) is 10.5 Å². The topological polar surface area (TPSA) is 78.0 Å². The van der Waals surface area contributed by atoms with Crippen molar-refractivity contribution < 1.29 is 19.2 Å². The van der Waals surface area contributed by atoms with Crippen LogP contribution in [0.1, 0.15) is 69.2 Å². The molecule has 33 heavy (non-hydrogen) atoms. The summed E-state index contributed by atoms with van der Waals surface area (Å²) in [5.41, 5.74) is 2.71. The SMILES string of the molecule is CC(C)c1ccc(C(=O)N2CCN(C(=O)CCCN3C(=O)c4ccccc4C3=O)CC2)cc1. The molecule has 2 aromatic rings. The van der Waals surface area contributed by atoms with Gasteiger partial charge in [0.05, 0.1) is 11.1 Å². The van der Waals surface area contributed by atoms with Gasteiger partial charge in [0.15, 0.2) is 0 Å². The Hall–Kier alpha value is -3.48. The zero-order valence-corrected chi connectivity index (χ0v) is 19.1. The van der Waals surface area contributed by atoms with Gasteiger partial charge in [0.25, 0.3) is 17.7 Å². The van der Waals surface area contributed by atoms with Gasteiger partial charge in [-0.15, -0.1) is 0 Å². The summed E-state index contributed by atoms with van der Waals surface area (Å²) in [5.74, 6) is -0.197. The molecule has 0 spiro atoms. The first-order chi connectivity index (χ1) is 15.9. The van der Waals surface area contributed by atoms with Crippen LogP contribution in [-0.2, 0) is 4.79 Å². The van der Waals surface area contributed by atoms with E-state index in [1.54, 1.807) is 34.1 Å². The van der Waals surface area contributed by atoms with E-state index in [0.29, 0.717) is 55.2 Å². The lowest BCUT2D eigenvalue weighted by molar-refractivity contribution is -0.132. The Balaban J connectivity index is 1.23. The number of nitrogens with zero attached hydrogens (tertiary/aromatic N) is 3. The minimum absolute atomic E-state index is 0.0111. The van der Waals surface area contributed by atoms with Gasteiger partial charge in [-0.25, -0.2) is 0 Å². The summed E-state index contributed by atoms with van der Waals surface area (Å²) in [7, 11) is 0. The molecular weight excluding hydrogens is 418 g/mol. The summed E-state index contributed by atoms with van der Waals surface area (Å²) < 4.78 is 0. The predicted molar refractivity (Wildman–Crippen MR) is 124 cm³/mol. The molecule has 7 heteroatoms. The van der Waals surface area contributed by atoms with E-state index in [2.05, 4.69) is 13.8 Å². The molecule has 0 bridgehead atoms. The molecule has 1 saturated heterocycles. The number of fused-ring (bicyclic) bond motifs is 1. The molecule has 172 valence electrons. The van der Waals surface area contributed by atoms with E-state index in [-0.39, 0.29) is 36.6 Å². The standard InChI is InChI=1S/C26H29N3O4/c1-18(2)19-9-11-20(12-10-19)24(31)28-16-14-27(15-17-28)23(30)8-5-13-29-25(32)21-6-3-4-7-22(21)26(29)33/h3-4,6-7,9-12,18H,5,8,13-17H2,1-2H3. The molecule has 7 nitrogen and oxygen atoms in total. The minimum atomic E-state index is -0.295. The monoisotopic (exact) mass is 447 g/mol. The fraction of sp³-hybridized carbons (Fsp3) is 0.385. The second-order valence-corrected chi connectivity index (χ2v) is 8.86. The van der Waals surface area contributed by atoms with Crippen molar-refractivity contribution in [2.45, 2.75) is 32.6 Å². The van der Waals surface area contributed by atoms with Crippen molar-refractivity contribution >= 4 is 23.6 Å². The van der Waals surface area contributed by atoms with Crippen LogP contribution in [0.3, 0.4) is 0 Å². The molecule has 4 rings (SSSR count). The summed E-state index contributed by atoms with van der Waals surface area (Å²) in [6, 6.07) is 14.5. The number of imide groups is 1. The zero-order valence-electron chi connectivity index (χ0n) is 19.1. The fourth-order valence-corrected chi connectivity index (χ4v) is 4.34. The van der Waals surface area contributed by atoms with E-state index in [0.717, 1.165) is 0 Å². The number of hydrogen-bond donors (Lipinski definition) is 0. The zero-order chi connectivity index (χ0) is 23.5. The number of carbonyl (C=O) groups is 4. The number of amides is 4. The second kappa shape index (κ2) is 9.57. The molecule has 0 aromatic heterocycles. The molecule has 2 heterocycles. The van der Waals surface area contributed by atoms with Crippen molar-refractivity contribution in [3.63, 3.8) is 0 Å². The smallest absolute Gasteiger partial charge is 0.261 e. The molecule has 0 unspecified atom stereocenters. The van der Waals surface area contributed by atoms with Crippen molar-refractivity contribution in [2.24, 2.45) is 0 Å². The number of benzene rings is 2. The first-order valence-corrected chi connectivity index (χ1v) is 11.5. The van der Waals surface area contributed by atoms with E-state index in [4.69, 9.17) is 0 Å². The van der Waals surface area contributed by atoms with E-state index < -0.39 is 0 Å².